The van der Waals surface area contributed by atoms with Gasteiger partial charge in [-0.1, -0.05) is 12.1 Å². The minimum atomic E-state index is 0. The lowest BCUT2D eigenvalue weighted by Gasteiger charge is -1.96. The van der Waals surface area contributed by atoms with E-state index in [0.29, 0.717) is 12.2 Å². The summed E-state index contributed by atoms with van der Waals surface area (Å²) in [6.07, 6.45) is 0. The van der Waals surface area contributed by atoms with Gasteiger partial charge in [0.2, 0.25) is 0 Å². The molecule has 0 saturated carbocycles. The number of nitriles is 1. The summed E-state index contributed by atoms with van der Waals surface area (Å²) < 4.78 is 0. The maximum atomic E-state index is 8.45. The predicted molar refractivity (Wildman–Crippen MR) is 47.4 cm³/mol. The highest BCUT2D eigenvalue weighted by Gasteiger charge is 1.91. The Kier molecular flexibility index (Phi) is 5.06. The van der Waals surface area contributed by atoms with Gasteiger partial charge in [0.25, 0.3) is 0 Å². The van der Waals surface area contributed by atoms with E-state index in [1.54, 1.807) is 12.1 Å². The van der Waals surface area contributed by atoms with Crippen LogP contribution in [-0.4, -0.2) is 0 Å². The Morgan fingerprint density at radius 1 is 1.33 bits per heavy atom. The number of benzene rings is 1. The minimum absolute atomic E-state index is 0. The van der Waals surface area contributed by atoms with E-state index in [2.05, 4.69) is 4.84 Å². The summed E-state index contributed by atoms with van der Waals surface area (Å²) in [6, 6.07) is 9.11. The van der Waals surface area contributed by atoms with Crippen LogP contribution in [0.1, 0.15) is 11.1 Å². The summed E-state index contributed by atoms with van der Waals surface area (Å²) >= 11 is 0. The van der Waals surface area contributed by atoms with E-state index in [1.165, 1.54) is 0 Å². The van der Waals surface area contributed by atoms with Crippen molar-refractivity contribution in [1.29, 1.82) is 5.26 Å². The predicted octanol–water partition coefficient (Wildman–Crippen LogP) is 1.37. The van der Waals surface area contributed by atoms with Crippen LogP contribution in [0.15, 0.2) is 24.3 Å². The molecule has 1 rings (SSSR count). The van der Waals surface area contributed by atoms with Gasteiger partial charge in [0.15, 0.2) is 0 Å². The monoisotopic (exact) mass is 184 g/mol. The molecule has 12 heavy (non-hydrogen) atoms. The summed E-state index contributed by atoms with van der Waals surface area (Å²) in [6.45, 7) is 0.381. The molecule has 0 atom stereocenters. The topological polar surface area (TPSA) is 59.0 Å². The first-order valence-electron chi connectivity index (χ1n) is 3.17. The molecule has 2 N–H and O–H groups in total. The molecule has 1 aromatic rings. The first-order chi connectivity index (χ1) is 5.36. The molecule has 0 radical (unpaired) electrons. The molecule has 3 nitrogen and oxygen atoms in total. The van der Waals surface area contributed by atoms with Gasteiger partial charge in [0.1, 0.15) is 0 Å². The Balaban J connectivity index is 0.00000121. The third-order valence-electron chi connectivity index (χ3n) is 1.33. The fourth-order valence-corrected chi connectivity index (χ4v) is 0.772. The van der Waals surface area contributed by atoms with Crippen molar-refractivity contribution in [2.75, 3.05) is 0 Å². The van der Waals surface area contributed by atoms with E-state index in [1.807, 2.05) is 18.2 Å². The average Bonchev–Trinajstić information content (AvgIpc) is 2.07. The Morgan fingerprint density at radius 2 is 1.92 bits per heavy atom. The van der Waals surface area contributed by atoms with Gasteiger partial charge < -0.3 is 0 Å². The Bertz CT molecular complexity index is 265. The zero-order valence-corrected chi connectivity index (χ0v) is 7.17. The maximum absolute atomic E-state index is 8.45. The van der Waals surface area contributed by atoms with Gasteiger partial charge in [-0.3, -0.25) is 4.84 Å². The van der Waals surface area contributed by atoms with Crippen LogP contribution in [0, 0.1) is 11.3 Å². The van der Waals surface area contributed by atoms with Crippen molar-refractivity contribution in [2.24, 2.45) is 5.90 Å². The molecule has 64 valence electrons. The van der Waals surface area contributed by atoms with E-state index in [9.17, 15) is 0 Å². The lowest BCUT2D eigenvalue weighted by molar-refractivity contribution is 0.124. The van der Waals surface area contributed by atoms with Crippen molar-refractivity contribution < 1.29 is 4.84 Å². The second-order valence-corrected chi connectivity index (χ2v) is 2.12. The summed E-state index contributed by atoms with van der Waals surface area (Å²) in [7, 11) is 0. The lowest BCUT2D eigenvalue weighted by Crippen LogP contribution is -1.98. The Labute approximate surface area is 77.1 Å². The largest absolute Gasteiger partial charge is 0.300 e. The first-order valence-corrected chi connectivity index (χ1v) is 3.17. The molecule has 0 spiro atoms. The third-order valence-corrected chi connectivity index (χ3v) is 1.33. The second kappa shape index (κ2) is 5.56. The number of nitrogens with two attached hydrogens (primary N) is 1. The van der Waals surface area contributed by atoms with Crippen molar-refractivity contribution in [1.82, 2.24) is 0 Å². The highest BCUT2D eigenvalue weighted by Crippen LogP contribution is 2.03. The van der Waals surface area contributed by atoms with Crippen LogP contribution in [-0.2, 0) is 11.4 Å². The number of rotatable bonds is 2. The summed E-state index contributed by atoms with van der Waals surface area (Å²) in [4.78, 5) is 4.42. The molecule has 4 heteroatoms. The maximum Gasteiger partial charge on any atom is 0.0991 e. The molecule has 0 aromatic heterocycles. The van der Waals surface area contributed by atoms with Crippen molar-refractivity contribution in [3.8, 4) is 6.07 Å². The molecule has 1 aromatic carbocycles. The minimum Gasteiger partial charge on any atom is -0.300 e. The van der Waals surface area contributed by atoms with Crippen molar-refractivity contribution in [2.45, 2.75) is 6.61 Å². The van der Waals surface area contributed by atoms with Gasteiger partial charge in [0, 0.05) is 0 Å². The third kappa shape index (κ3) is 2.89. The summed E-state index contributed by atoms with van der Waals surface area (Å²) in [5.41, 5.74) is 1.61. The number of nitrogens with zero attached hydrogens (tertiary/aromatic N) is 1. The molecule has 0 bridgehead atoms. The number of hydrogen-bond donors (Lipinski definition) is 1. The van der Waals surface area contributed by atoms with Crippen LogP contribution >= 0.6 is 12.4 Å². The molecule has 0 aliphatic heterocycles. The molecule has 0 amide bonds. The molecular formula is C8H9ClN2O. The highest BCUT2D eigenvalue weighted by molar-refractivity contribution is 5.85. The van der Waals surface area contributed by atoms with Crippen LogP contribution in [0.2, 0.25) is 0 Å². The van der Waals surface area contributed by atoms with Gasteiger partial charge in [-0.05, 0) is 17.7 Å². The number of halogens is 1. The smallest absolute Gasteiger partial charge is 0.0991 e. The fourth-order valence-electron chi connectivity index (χ4n) is 0.772. The molecule has 0 fully saturated rings. The van der Waals surface area contributed by atoms with Crippen LogP contribution < -0.4 is 5.90 Å². The van der Waals surface area contributed by atoms with Crippen molar-refractivity contribution in [3.05, 3.63) is 35.4 Å². The van der Waals surface area contributed by atoms with E-state index in [0.717, 1.165) is 5.56 Å². The lowest BCUT2D eigenvalue weighted by atomic mass is 10.2. The van der Waals surface area contributed by atoms with Crippen LogP contribution in [0.4, 0.5) is 0 Å². The van der Waals surface area contributed by atoms with Crippen molar-refractivity contribution in [3.63, 3.8) is 0 Å². The fraction of sp³-hybridized carbons (Fsp3) is 0.125. The SMILES string of the molecule is Cl.N#Cc1ccc(CON)cc1. The van der Waals surface area contributed by atoms with E-state index < -0.39 is 0 Å². The van der Waals surface area contributed by atoms with Gasteiger partial charge in [-0.2, -0.15) is 5.26 Å². The second-order valence-electron chi connectivity index (χ2n) is 2.12. The molecule has 0 saturated heterocycles. The van der Waals surface area contributed by atoms with Crippen LogP contribution in [0.25, 0.3) is 0 Å². The summed E-state index contributed by atoms with van der Waals surface area (Å²) in [5, 5.41) is 8.45. The highest BCUT2D eigenvalue weighted by atomic mass is 35.5. The standard InChI is InChI=1S/C8H8N2O.ClH/c9-5-7-1-3-8(4-2-7)6-11-10;/h1-4H,6,10H2;1H. The van der Waals surface area contributed by atoms with Crippen LogP contribution in [0.5, 0.6) is 0 Å². The zero-order chi connectivity index (χ0) is 8.10. The summed E-state index contributed by atoms with van der Waals surface area (Å²) in [5.74, 6) is 4.87. The average molecular weight is 185 g/mol. The van der Waals surface area contributed by atoms with E-state index >= 15 is 0 Å². The Hall–Kier alpha value is -1.08. The first kappa shape index (κ1) is 10.9. The molecule has 0 heterocycles. The molecular weight excluding hydrogens is 176 g/mol. The molecule has 0 aliphatic carbocycles. The quantitative estimate of drug-likeness (QED) is 0.707. The van der Waals surface area contributed by atoms with Crippen LogP contribution in [0.3, 0.4) is 0 Å². The molecule has 0 aliphatic rings. The van der Waals surface area contributed by atoms with Crippen molar-refractivity contribution >= 4 is 12.4 Å². The normalized spacial score (nSPS) is 8.33. The Morgan fingerprint density at radius 3 is 2.33 bits per heavy atom. The number of hydrogen-bond acceptors (Lipinski definition) is 3. The van der Waals surface area contributed by atoms with Gasteiger partial charge in [-0.15, -0.1) is 12.4 Å². The zero-order valence-electron chi connectivity index (χ0n) is 6.36. The van der Waals surface area contributed by atoms with E-state index in [-0.39, 0.29) is 12.4 Å². The van der Waals surface area contributed by atoms with Gasteiger partial charge in [-0.25, -0.2) is 5.90 Å². The van der Waals surface area contributed by atoms with Gasteiger partial charge in [0.05, 0.1) is 18.2 Å². The van der Waals surface area contributed by atoms with Gasteiger partial charge >= 0.3 is 0 Å². The van der Waals surface area contributed by atoms with E-state index in [4.69, 9.17) is 11.2 Å². The molecule has 0 unspecified atom stereocenters.